The molecule has 0 aromatic heterocycles. The molecule has 0 saturated heterocycles. The molecule has 96 valence electrons. The maximum absolute atomic E-state index is 11.7. The molecule has 0 bridgehead atoms. The monoisotopic (exact) mass is 257 g/mol. The maximum atomic E-state index is 11.7. The van der Waals surface area contributed by atoms with Crippen molar-refractivity contribution in [1.29, 1.82) is 0 Å². The topological polar surface area (TPSA) is 57.6 Å². The molecule has 0 radical (unpaired) electrons. The van der Waals surface area contributed by atoms with Gasteiger partial charge in [-0.05, 0) is 26.0 Å². The second-order valence-electron chi connectivity index (χ2n) is 4.77. The smallest absolute Gasteiger partial charge is 0.177 e. The van der Waals surface area contributed by atoms with Crippen molar-refractivity contribution in [2.75, 3.05) is 24.8 Å². The van der Waals surface area contributed by atoms with E-state index in [0.29, 0.717) is 5.69 Å². The van der Waals surface area contributed by atoms with Crippen LogP contribution in [0.1, 0.15) is 13.8 Å². The van der Waals surface area contributed by atoms with E-state index < -0.39 is 15.4 Å². The lowest BCUT2D eigenvalue weighted by atomic mass is 10.0. The van der Waals surface area contributed by atoms with E-state index in [-0.39, 0.29) is 11.5 Å². The van der Waals surface area contributed by atoms with E-state index in [9.17, 15) is 13.5 Å². The minimum absolute atomic E-state index is 0.0540. The average Bonchev–Trinajstić information content (AvgIpc) is 2.27. The molecule has 17 heavy (non-hydrogen) atoms. The Kier molecular flexibility index (Phi) is 3.84. The fourth-order valence-corrected chi connectivity index (χ4v) is 2.39. The van der Waals surface area contributed by atoms with E-state index in [1.54, 1.807) is 36.2 Å². The molecule has 0 amide bonds. The zero-order valence-corrected chi connectivity index (χ0v) is 11.5. The van der Waals surface area contributed by atoms with Gasteiger partial charge in [-0.15, -0.1) is 0 Å². The molecule has 0 fully saturated rings. The minimum Gasteiger partial charge on any atom is -0.394 e. The third-order valence-corrected chi connectivity index (χ3v) is 4.07. The van der Waals surface area contributed by atoms with E-state index in [1.165, 1.54) is 6.26 Å². The number of hydrogen-bond donors (Lipinski definition) is 1. The number of sulfone groups is 1. The molecule has 0 aliphatic rings. The summed E-state index contributed by atoms with van der Waals surface area (Å²) >= 11 is 0. The summed E-state index contributed by atoms with van der Waals surface area (Å²) in [6.45, 7) is 3.65. The van der Waals surface area contributed by atoms with E-state index in [4.69, 9.17) is 0 Å². The van der Waals surface area contributed by atoms with E-state index in [1.807, 2.05) is 13.8 Å². The van der Waals surface area contributed by atoms with Crippen LogP contribution in [0.5, 0.6) is 0 Å². The predicted octanol–water partition coefficient (Wildman–Crippen LogP) is 1.30. The second kappa shape index (κ2) is 4.66. The Labute approximate surface area is 103 Å². The van der Waals surface area contributed by atoms with Crippen molar-refractivity contribution in [3.05, 3.63) is 24.3 Å². The fraction of sp³-hybridized carbons (Fsp3) is 0.500. The molecule has 1 rings (SSSR count). The molecule has 0 spiro atoms. The van der Waals surface area contributed by atoms with Crippen LogP contribution in [0.15, 0.2) is 29.2 Å². The van der Waals surface area contributed by atoms with Gasteiger partial charge < -0.3 is 10.0 Å². The lowest BCUT2D eigenvalue weighted by Crippen LogP contribution is -2.44. The number of benzene rings is 1. The van der Waals surface area contributed by atoms with Crippen molar-refractivity contribution in [2.24, 2.45) is 0 Å². The van der Waals surface area contributed by atoms with Gasteiger partial charge >= 0.3 is 0 Å². The molecule has 1 aromatic carbocycles. The third-order valence-electron chi connectivity index (χ3n) is 2.92. The van der Waals surface area contributed by atoms with Gasteiger partial charge in [0.15, 0.2) is 9.84 Å². The quantitative estimate of drug-likeness (QED) is 0.883. The van der Waals surface area contributed by atoms with Crippen LogP contribution in [-0.4, -0.2) is 39.0 Å². The van der Waals surface area contributed by atoms with Gasteiger partial charge in [0.2, 0.25) is 0 Å². The van der Waals surface area contributed by atoms with Crippen LogP contribution in [-0.2, 0) is 9.84 Å². The first kappa shape index (κ1) is 14.0. The normalized spacial score (nSPS) is 12.5. The number of anilines is 1. The van der Waals surface area contributed by atoms with Crippen molar-refractivity contribution in [1.82, 2.24) is 0 Å². The molecule has 0 unspecified atom stereocenters. The van der Waals surface area contributed by atoms with Crippen LogP contribution in [0.2, 0.25) is 0 Å². The second-order valence-corrected chi connectivity index (χ2v) is 6.75. The Morgan fingerprint density at radius 2 is 1.82 bits per heavy atom. The standard InChI is InChI=1S/C12H19NO3S/c1-12(2,9-14)13(3)10-7-5-6-8-11(10)17(4,15)16/h5-8,14H,9H2,1-4H3. The van der Waals surface area contributed by atoms with Gasteiger partial charge in [0.1, 0.15) is 0 Å². The lowest BCUT2D eigenvalue weighted by Gasteiger charge is -2.36. The van der Waals surface area contributed by atoms with Crippen LogP contribution >= 0.6 is 0 Å². The summed E-state index contributed by atoms with van der Waals surface area (Å²) in [6.07, 6.45) is 1.19. The number of para-hydroxylation sites is 1. The summed E-state index contributed by atoms with van der Waals surface area (Å²) in [7, 11) is -1.49. The van der Waals surface area contributed by atoms with Crippen LogP contribution in [0.25, 0.3) is 0 Å². The van der Waals surface area contributed by atoms with E-state index in [2.05, 4.69) is 0 Å². The maximum Gasteiger partial charge on any atom is 0.177 e. The Morgan fingerprint density at radius 3 is 2.29 bits per heavy atom. The van der Waals surface area contributed by atoms with Gasteiger partial charge in [0.25, 0.3) is 0 Å². The van der Waals surface area contributed by atoms with Crippen molar-refractivity contribution < 1.29 is 13.5 Å². The number of aliphatic hydroxyl groups is 1. The van der Waals surface area contributed by atoms with Crippen LogP contribution < -0.4 is 4.90 Å². The summed E-state index contributed by atoms with van der Waals surface area (Å²) in [5.41, 5.74) is 0.0925. The SMILES string of the molecule is CN(c1ccccc1S(C)(=O)=O)C(C)(C)CO. The van der Waals surface area contributed by atoms with E-state index >= 15 is 0 Å². The highest BCUT2D eigenvalue weighted by Gasteiger charge is 2.26. The first-order valence-corrected chi connectivity index (χ1v) is 7.23. The Bertz CT molecular complexity index is 494. The van der Waals surface area contributed by atoms with Crippen LogP contribution in [0.4, 0.5) is 5.69 Å². The summed E-state index contributed by atoms with van der Waals surface area (Å²) in [5.74, 6) is 0. The summed E-state index contributed by atoms with van der Waals surface area (Å²) in [4.78, 5) is 2.06. The number of aliphatic hydroxyl groups excluding tert-OH is 1. The highest BCUT2D eigenvalue weighted by Crippen LogP contribution is 2.28. The largest absolute Gasteiger partial charge is 0.394 e. The van der Waals surface area contributed by atoms with E-state index in [0.717, 1.165) is 0 Å². The summed E-state index contributed by atoms with van der Waals surface area (Å²) in [5, 5.41) is 9.33. The van der Waals surface area contributed by atoms with Gasteiger partial charge in [0.05, 0.1) is 22.7 Å². The number of likely N-dealkylation sites (N-methyl/N-ethyl adjacent to an activating group) is 1. The Hall–Kier alpha value is -1.07. The average molecular weight is 257 g/mol. The van der Waals surface area contributed by atoms with Crippen molar-refractivity contribution >= 4 is 15.5 Å². The molecular weight excluding hydrogens is 238 g/mol. The minimum atomic E-state index is -3.27. The highest BCUT2D eigenvalue weighted by molar-refractivity contribution is 7.90. The van der Waals surface area contributed by atoms with Gasteiger partial charge in [-0.2, -0.15) is 0 Å². The predicted molar refractivity (Wildman–Crippen MR) is 69.1 cm³/mol. The molecule has 4 nitrogen and oxygen atoms in total. The van der Waals surface area contributed by atoms with Crippen LogP contribution in [0, 0.1) is 0 Å². The molecule has 0 heterocycles. The molecule has 0 aliphatic heterocycles. The Morgan fingerprint density at radius 1 is 1.29 bits per heavy atom. The third kappa shape index (κ3) is 2.98. The Balaban J connectivity index is 3.33. The fourth-order valence-electron chi connectivity index (χ4n) is 1.48. The van der Waals surface area contributed by atoms with Gasteiger partial charge in [-0.3, -0.25) is 0 Å². The lowest BCUT2D eigenvalue weighted by molar-refractivity contribution is 0.216. The van der Waals surface area contributed by atoms with Crippen LogP contribution in [0.3, 0.4) is 0 Å². The zero-order chi connectivity index (χ0) is 13.3. The molecule has 1 aromatic rings. The van der Waals surface area contributed by atoms with Crippen molar-refractivity contribution in [2.45, 2.75) is 24.3 Å². The van der Waals surface area contributed by atoms with Crippen molar-refractivity contribution in [3.8, 4) is 0 Å². The summed E-state index contributed by atoms with van der Waals surface area (Å²) in [6, 6.07) is 6.80. The van der Waals surface area contributed by atoms with Gasteiger partial charge in [-0.1, -0.05) is 12.1 Å². The first-order valence-electron chi connectivity index (χ1n) is 5.34. The molecular formula is C12H19NO3S. The molecule has 0 atom stereocenters. The molecule has 0 aliphatic carbocycles. The zero-order valence-electron chi connectivity index (χ0n) is 10.6. The summed E-state index contributed by atoms with van der Waals surface area (Å²) < 4.78 is 23.4. The number of nitrogens with zero attached hydrogens (tertiary/aromatic N) is 1. The molecule has 5 heteroatoms. The first-order chi connectivity index (χ1) is 7.70. The molecule has 1 N–H and O–H groups in total. The highest BCUT2D eigenvalue weighted by atomic mass is 32.2. The molecule has 0 saturated carbocycles. The van der Waals surface area contributed by atoms with Gasteiger partial charge in [0, 0.05) is 13.3 Å². The number of rotatable bonds is 4. The van der Waals surface area contributed by atoms with Gasteiger partial charge in [-0.25, -0.2) is 8.42 Å². The van der Waals surface area contributed by atoms with Crippen molar-refractivity contribution in [3.63, 3.8) is 0 Å². The number of hydrogen-bond acceptors (Lipinski definition) is 4.